The molecule has 0 aliphatic heterocycles. The van der Waals surface area contributed by atoms with Crippen LogP contribution in [-0.2, 0) is 21.2 Å². The van der Waals surface area contributed by atoms with Gasteiger partial charge in [0.05, 0.1) is 40.8 Å². The summed E-state index contributed by atoms with van der Waals surface area (Å²) in [4.78, 5) is 19.6. The number of nitrogens with zero attached hydrogens (tertiary/aromatic N) is 2. The summed E-state index contributed by atoms with van der Waals surface area (Å²) >= 11 is 1.43. The second-order valence-corrected chi connectivity index (χ2v) is 10.7. The van der Waals surface area contributed by atoms with E-state index < -0.39 is 9.84 Å². The van der Waals surface area contributed by atoms with Gasteiger partial charge in [-0.3, -0.25) is 9.69 Å². The Kier molecular flexibility index (Phi) is 6.80. The molecule has 2 aromatic carbocycles. The number of aryl methyl sites for hydroxylation is 1. The maximum atomic E-state index is 13.2. The first-order valence-electron chi connectivity index (χ1n) is 10.4. The minimum Gasteiger partial charge on any atom is -0.497 e. The first-order chi connectivity index (χ1) is 15.9. The molecule has 4 rings (SSSR count). The third kappa shape index (κ3) is 5.43. The Morgan fingerprint density at radius 1 is 1.15 bits per heavy atom. The van der Waals surface area contributed by atoms with Crippen LogP contribution in [0.3, 0.4) is 0 Å². The van der Waals surface area contributed by atoms with Gasteiger partial charge in [0.1, 0.15) is 11.5 Å². The van der Waals surface area contributed by atoms with Crippen molar-refractivity contribution in [2.24, 2.45) is 0 Å². The monoisotopic (exact) mass is 484 g/mol. The van der Waals surface area contributed by atoms with Gasteiger partial charge in [-0.2, -0.15) is 0 Å². The zero-order chi connectivity index (χ0) is 23.4. The van der Waals surface area contributed by atoms with E-state index in [-0.39, 0.29) is 35.9 Å². The molecule has 0 N–H and O–H groups in total. The number of amides is 1. The lowest BCUT2D eigenvalue weighted by molar-refractivity contribution is -0.118. The third-order valence-corrected chi connectivity index (χ3v) is 8.04. The quantitative estimate of drug-likeness (QED) is 0.332. The molecule has 0 fully saturated rings. The fourth-order valence-corrected chi connectivity index (χ4v) is 5.80. The average molecular weight is 485 g/mol. The van der Waals surface area contributed by atoms with E-state index in [1.165, 1.54) is 30.6 Å². The Balaban J connectivity index is 1.48. The van der Waals surface area contributed by atoms with Crippen LogP contribution in [0.1, 0.15) is 24.2 Å². The summed E-state index contributed by atoms with van der Waals surface area (Å²) in [5, 5.41) is 0.565. The van der Waals surface area contributed by atoms with Crippen molar-refractivity contribution in [3.8, 4) is 5.75 Å². The predicted molar refractivity (Wildman–Crippen MR) is 129 cm³/mol. The number of hydrogen-bond donors (Lipinski definition) is 0. The Hall–Kier alpha value is -3.17. The zero-order valence-electron chi connectivity index (χ0n) is 18.4. The lowest BCUT2D eigenvalue weighted by Crippen LogP contribution is -2.30. The van der Waals surface area contributed by atoms with Gasteiger partial charge in [0.25, 0.3) is 0 Å². The summed E-state index contributed by atoms with van der Waals surface area (Å²) in [6, 6.07) is 15.8. The van der Waals surface area contributed by atoms with Crippen LogP contribution in [0.2, 0.25) is 0 Å². The number of hydrogen-bond acceptors (Lipinski definition) is 7. The van der Waals surface area contributed by atoms with Gasteiger partial charge < -0.3 is 9.15 Å². The Morgan fingerprint density at radius 3 is 2.64 bits per heavy atom. The largest absolute Gasteiger partial charge is 0.497 e. The molecule has 9 heteroatoms. The second kappa shape index (κ2) is 9.76. The fraction of sp³-hybridized carbons (Fsp3) is 0.250. The molecule has 0 aliphatic rings. The van der Waals surface area contributed by atoms with E-state index in [1.54, 1.807) is 35.4 Å². The smallest absolute Gasteiger partial charge is 0.229 e. The van der Waals surface area contributed by atoms with Crippen molar-refractivity contribution in [2.75, 3.05) is 17.8 Å². The van der Waals surface area contributed by atoms with Crippen molar-refractivity contribution in [1.82, 2.24) is 4.98 Å². The number of rotatable bonds is 9. The summed E-state index contributed by atoms with van der Waals surface area (Å²) in [5.74, 6) is 0.888. The van der Waals surface area contributed by atoms with E-state index in [4.69, 9.17) is 9.15 Å². The first-order valence-corrected chi connectivity index (χ1v) is 12.9. The van der Waals surface area contributed by atoms with Crippen molar-refractivity contribution < 1.29 is 22.4 Å². The molecule has 0 radical (unpaired) electrons. The number of thiazole rings is 1. The lowest BCUT2D eigenvalue weighted by atomic mass is 10.2. The Labute approximate surface area is 196 Å². The molecule has 1 amide bonds. The van der Waals surface area contributed by atoms with Crippen LogP contribution in [0.25, 0.3) is 10.2 Å². The molecule has 2 heterocycles. The standard InChI is InChI=1S/C24H24N2O5S2/c1-17-7-12-21-22(15-17)32-24(25-21)26(16-19-5-3-13-31-19)23(27)6-4-14-33(28,29)20-10-8-18(30-2)9-11-20/h3,5,7-13,15H,4,6,14,16H2,1-2H3. The molecule has 0 saturated heterocycles. The summed E-state index contributed by atoms with van der Waals surface area (Å²) in [6.07, 6.45) is 1.83. The molecule has 0 atom stereocenters. The fourth-order valence-electron chi connectivity index (χ4n) is 3.41. The van der Waals surface area contributed by atoms with Crippen LogP contribution in [0, 0.1) is 6.92 Å². The van der Waals surface area contributed by atoms with Crippen molar-refractivity contribution in [2.45, 2.75) is 31.2 Å². The third-order valence-electron chi connectivity index (χ3n) is 5.18. The lowest BCUT2D eigenvalue weighted by Gasteiger charge is -2.18. The van der Waals surface area contributed by atoms with E-state index >= 15 is 0 Å². The van der Waals surface area contributed by atoms with Gasteiger partial charge in [-0.1, -0.05) is 17.4 Å². The average Bonchev–Trinajstić information content (AvgIpc) is 3.46. The van der Waals surface area contributed by atoms with Crippen LogP contribution in [0.4, 0.5) is 5.13 Å². The number of methoxy groups -OCH3 is 1. The van der Waals surface area contributed by atoms with Crippen LogP contribution >= 0.6 is 11.3 Å². The highest BCUT2D eigenvalue weighted by atomic mass is 32.2. The van der Waals surface area contributed by atoms with Crippen LogP contribution in [0.5, 0.6) is 5.75 Å². The van der Waals surface area contributed by atoms with Gasteiger partial charge in [0.2, 0.25) is 5.91 Å². The number of aromatic nitrogens is 1. The first kappa shape index (κ1) is 23.0. The number of fused-ring (bicyclic) bond motifs is 1. The molecule has 0 bridgehead atoms. The van der Waals surface area contributed by atoms with Crippen LogP contribution in [0.15, 0.2) is 70.2 Å². The molecule has 0 saturated carbocycles. The molecule has 4 aromatic rings. The normalized spacial score (nSPS) is 11.6. The maximum Gasteiger partial charge on any atom is 0.229 e. The number of furan rings is 1. The van der Waals surface area contributed by atoms with Gasteiger partial charge in [-0.05, 0) is 67.4 Å². The van der Waals surface area contributed by atoms with Gasteiger partial charge in [-0.25, -0.2) is 13.4 Å². The molecule has 0 aliphatic carbocycles. The molecule has 33 heavy (non-hydrogen) atoms. The number of carbonyl (C=O) groups excluding carboxylic acids is 1. The van der Waals surface area contributed by atoms with Gasteiger partial charge in [0, 0.05) is 6.42 Å². The van der Waals surface area contributed by atoms with Crippen molar-refractivity contribution in [3.63, 3.8) is 0 Å². The molecule has 172 valence electrons. The summed E-state index contributed by atoms with van der Waals surface area (Å²) < 4.78 is 36.8. The Morgan fingerprint density at radius 2 is 1.94 bits per heavy atom. The van der Waals surface area contributed by atoms with Gasteiger partial charge >= 0.3 is 0 Å². The molecule has 2 aromatic heterocycles. The number of carbonyl (C=O) groups is 1. The van der Waals surface area contributed by atoms with E-state index in [0.29, 0.717) is 16.6 Å². The summed E-state index contributed by atoms with van der Waals surface area (Å²) in [7, 11) is -1.98. The SMILES string of the molecule is COc1ccc(S(=O)(=O)CCCC(=O)N(Cc2ccco2)c2nc3ccc(C)cc3s2)cc1. The summed E-state index contributed by atoms with van der Waals surface area (Å²) in [6.45, 7) is 2.24. The topological polar surface area (TPSA) is 89.7 Å². The van der Waals surface area contributed by atoms with Crippen LogP contribution in [-0.4, -0.2) is 32.2 Å². The highest BCUT2D eigenvalue weighted by molar-refractivity contribution is 7.91. The molecule has 0 spiro atoms. The number of sulfone groups is 1. The number of benzene rings is 2. The summed E-state index contributed by atoms with van der Waals surface area (Å²) in [5.41, 5.74) is 1.94. The highest BCUT2D eigenvalue weighted by Crippen LogP contribution is 2.31. The highest BCUT2D eigenvalue weighted by Gasteiger charge is 2.22. The Bertz CT molecular complexity index is 1340. The second-order valence-electron chi connectivity index (χ2n) is 7.62. The molecule has 0 unspecified atom stereocenters. The van der Waals surface area contributed by atoms with Crippen molar-refractivity contribution >= 4 is 42.4 Å². The molecule has 7 nitrogen and oxygen atoms in total. The maximum absolute atomic E-state index is 13.2. The van der Waals surface area contributed by atoms with Crippen molar-refractivity contribution in [1.29, 1.82) is 0 Å². The van der Waals surface area contributed by atoms with E-state index in [1.807, 2.05) is 25.1 Å². The molecular formula is C24H24N2O5S2. The van der Waals surface area contributed by atoms with E-state index in [0.717, 1.165) is 15.8 Å². The van der Waals surface area contributed by atoms with E-state index in [2.05, 4.69) is 4.98 Å². The van der Waals surface area contributed by atoms with Crippen molar-refractivity contribution in [3.05, 3.63) is 72.2 Å². The minimum atomic E-state index is -3.50. The van der Waals surface area contributed by atoms with E-state index in [9.17, 15) is 13.2 Å². The van der Waals surface area contributed by atoms with Gasteiger partial charge in [-0.15, -0.1) is 0 Å². The number of ether oxygens (including phenoxy) is 1. The number of anilines is 1. The minimum absolute atomic E-state index is 0.0745. The zero-order valence-corrected chi connectivity index (χ0v) is 20.0. The predicted octanol–water partition coefficient (Wildman–Crippen LogP) is 4.99. The van der Waals surface area contributed by atoms with Crippen LogP contribution < -0.4 is 9.64 Å². The van der Waals surface area contributed by atoms with Gasteiger partial charge in [0.15, 0.2) is 15.0 Å². The molecular weight excluding hydrogens is 460 g/mol.